The standard InChI is InChI=1S/C14H18Cl2O2/c1-9-10-4-6-14(2,5-3-7-15)18-13(10)11(16)8-12(9)17/h8,17H,3-7H2,1-2H3. The normalized spacial score (nSPS) is 22.4. The average Bonchev–Trinajstić information content (AvgIpc) is 2.34. The molecule has 0 fully saturated rings. The van der Waals surface area contributed by atoms with E-state index in [4.69, 9.17) is 27.9 Å². The minimum atomic E-state index is -0.199. The van der Waals surface area contributed by atoms with Crippen LogP contribution in [0.25, 0.3) is 0 Å². The van der Waals surface area contributed by atoms with Crippen molar-refractivity contribution in [2.45, 2.75) is 45.1 Å². The number of hydrogen-bond acceptors (Lipinski definition) is 2. The van der Waals surface area contributed by atoms with Gasteiger partial charge in [0.25, 0.3) is 0 Å². The maximum atomic E-state index is 9.77. The van der Waals surface area contributed by atoms with Gasteiger partial charge in [-0.15, -0.1) is 11.6 Å². The highest BCUT2D eigenvalue weighted by molar-refractivity contribution is 6.32. The zero-order valence-corrected chi connectivity index (χ0v) is 12.2. The van der Waals surface area contributed by atoms with Crippen molar-refractivity contribution in [3.63, 3.8) is 0 Å². The summed E-state index contributed by atoms with van der Waals surface area (Å²) in [6, 6.07) is 1.56. The van der Waals surface area contributed by atoms with Gasteiger partial charge < -0.3 is 9.84 Å². The van der Waals surface area contributed by atoms with E-state index < -0.39 is 0 Å². The maximum absolute atomic E-state index is 9.77. The summed E-state index contributed by atoms with van der Waals surface area (Å²) in [5.41, 5.74) is 1.70. The zero-order chi connectivity index (χ0) is 13.3. The highest BCUT2D eigenvalue weighted by Gasteiger charge is 2.33. The zero-order valence-electron chi connectivity index (χ0n) is 10.7. The van der Waals surface area contributed by atoms with Gasteiger partial charge in [-0.2, -0.15) is 0 Å². The number of phenolic OH excluding ortho intramolecular Hbond substituents is 1. The first-order chi connectivity index (χ1) is 8.47. The Labute approximate surface area is 118 Å². The summed E-state index contributed by atoms with van der Waals surface area (Å²) in [7, 11) is 0. The minimum Gasteiger partial charge on any atom is -0.508 e. The Kier molecular flexibility index (Phi) is 3.98. The molecule has 1 aromatic rings. The van der Waals surface area contributed by atoms with Crippen molar-refractivity contribution in [1.29, 1.82) is 0 Å². The van der Waals surface area contributed by atoms with E-state index in [1.165, 1.54) is 0 Å². The third-order valence-corrected chi connectivity index (χ3v) is 4.23. The third kappa shape index (κ3) is 2.55. The highest BCUT2D eigenvalue weighted by Crippen LogP contribution is 2.44. The summed E-state index contributed by atoms with van der Waals surface area (Å²) in [4.78, 5) is 0. The molecule has 100 valence electrons. The van der Waals surface area contributed by atoms with Crippen LogP contribution in [-0.2, 0) is 6.42 Å². The van der Waals surface area contributed by atoms with Gasteiger partial charge in [0.15, 0.2) is 0 Å². The lowest BCUT2D eigenvalue weighted by Gasteiger charge is -2.37. The molecule has 1 aliphatic rings. The average molecular weight is 289 g/mol. The lowest BCUT2D eigenvalue weighted by Crippen LogP contribution is -2.36. The lowest BCUT2D eigenvalue weighted by molar-refractivity contribution is 0.0555. The Morgan fingerprint density at radius 1 is 1.50 bits per heavy atom. The van der Waals surface area contributed by atoms with Crippen LogP contribution >= 0.6 is 23.2 Å². The molecular formula is C14H18Cl2O2. The number of aromatic hydroxyl groups is 1. The van der Waals surface area contributed by atoms with E-state index in [9.17, 15) is 5.11 Å². The van der Waals surface area contributed by atoms with Crippen molar-refractivity contribution < 1.29 is 9.84 Å². The molecule has 1 heterocycles. The fraction of sp³-hybridized carbons (Fsp3) is 0.571. The summed E-state index contributed by atoms with van der Waals surface area (Å²) in [5.74, 6) is 1.62. The van der Waals surface area contributed by atoms with Gasteiger partial charge >= 0.3 is 0 Å². The maximum Gasteiger partial charge on any atom is 0.142 e. The topological polar surface area (TPSA) is 29.5 Å². The van der Waals surface area contributed by atoms with Gasteiger partial charge in [-0.25, -0.2) is 0 Å². The predicted octanol–water partition coefficient (Wildman–Crippen LogP) is 4.46. The van der Waals surface area contributed by atoms with Crippen LogP contribution in [0, 0.1) is 6.92 Å². The molecule has 0 amide bonds. The first-order valence-corrected chi connectivity index (χ1v) is 7.14. The molecule has 0 radical (unpaired) electrons. The molecule has 1 unspecified atom stereocenters. The van der Waals surface area contributed by atoms with Crippen LogP contribution in [0.2, 0.25) is 5.02 Å². The van der Waals surface area contributed by atoms with E-state index in [0.29, 0.717) is 10.9 Å². The molecule has 2 rings (SSSR count). The van der Waals surface area contributed by atoms with Crippen molar-refractivity contribution >= 4 is 23.2 Å². The first kappa shape index (κ1) is 13.8. The van der Waals surface area contributed by atoms with Gasteiger partial charge in [-0.05, 0) is 45.1 Å². The Bertz CT molecular complexity index is 460. The van der Waals surface area contributed by atoms with E-state index >= 15 is 0 Å². The fourth-order valence-corrected chi connectivity index (χ4v) is 2.87. The first-order valence-electron chi connectivity index (χ1n) is 6.23. The van der Waals surface area contributed by atoms with Gasteiger partial charge in [0, 0.05) is 17.5 Å². The largest absolute Gasteiger partial charge is 0.508 e. The van der Waals surface area contributed by atoms with E-state index in [2.05, 4.69) is 6.92 Å². The van der Waals surface area contributed by atoms with Crippen LogP contribution in [0.1, 0.15) is 37.3 Å². The van der Waals surface area contributed by atoms with Gasteiger partial charge in [-0.1, -0.05) is 11.6 Å². The number of fused-ring (bicyclic) bond motifs is 1. The Hall–Kier alpha value is -0.600. The van der Waals surface area contributed by atoms with Crippen LogP contribution in [-0.4, -0.2) is 16.6 Å². The van der Waals surface area contributed by atoms with Crippen LogP contribution in [0.5, 0.6) is 11.5 Å². The molecule has 1 aromatic carbocycles. The summed E-state index contributed by atoms with van der Waals surface area (Å²) < 4.78 is 6.09. The van der Waals surface area contributed by atoms with E-state index in [1.54, 1.807) is 6.07 Å². The molecule has 0 saturated carbocycles. The Balaban J connectivity index is 2.32. The van der Waals surface area contributed by atoms with E-state index in [1.807, 2.05) is 6.92 Å². The molecule has 18 heavy (non-hydrogen) atoms. The van der Waals surface area contributed by atoms with Crippen molar-refractivity contribution in [2.24, 2.45) is 0 Å². The van der Waals surface area contributed by atoms with E-state index in [0.717, 1.165) is 42.6 Å². The summed E-state index contributed by atoms with van der Waals surface area (Å²) in [5, 5.41) is 10.3. The summed E-state index contributed by atoms with van der Waals surface area (Å²) >= 11 is 11.9. The molecule has 1 aliphatic heterocycles. The molecular weight excluding hydrogens is 271 g/mol. The number of alkyl halides is 1. The number of rotatable bonds is 3. The van der Waals surface area contributed by atoms with Crippen LogP contribution in [0.4, 0.5) is 0 Å². The van der Waals surface area contributed by atoms with Gasteiger partial charge in [0.1, 0.15) is 17.1 Å². The van der Waals surface area contributed by atoms with Crippen molar-refractivity contribution in [1.82, 2.24) is 0 Å². The quantitative estimate of drug-likeness (QED) is 0.833. The Morgan fingerprint density at radius 3 is 2.89 bits per heavy atom. The minimum absolute atomic E-state index is 0.199. The number of phenols is 1. The lowest BCUT2D eigenvalue weighted by atomic mass is 9.87. The molecule has 1 N–H and O–H groups in total. The second-order valence-electron chi connectivity index (χ2n) is 5.15. The predicted molar refractivity (Wildman–Crippen MR) is 75.2 cm³/mol. The molecule has 0 spiro atoms. The van der Waals surface area contributed by atoms with Gasteiger partial charge in [0.2, 0.25) is 0 Å². The van der Waals surface area contributed by atoms with Gasteiger partial charge in [0.05, 0.1) is 5.02 Å². The molecule has 0 saturated heterocycles. The van der Waals surface area contributed by atoms with Crippen LogP contribution in [0.3, 0.4) is 0 Å². The smallest absolute Gasteiger partial charge is 0.142 e. The summed E-state index contributed by atoms with van der Waals surface area (Å²) in [6.07, 6.45) is 3.67. The van der Waals surface area contributed by atoms with Crippen molar-refractivity contribution in [3.8, 4) is 11.5 Å². The third-order valence-electron chi connectivity index (χ3n) is 3.68. The van der Waals surface area contributed by atoms with Gasteiger partial charge in [-0.3, -0.25) is 0 Å². The number of halogens is 2. The number of hydrogen-bond donors (Lipinski definition) is 1. The summed E-state index contributed by atoms with van der Waals surface area (Å²) in [6.45, 7) is 4.00. The SMILES string of the molecule is Cc1c(O)cc(Cl)c2c1CCC(C)(CCCCl)O2. The van der Waals surface area contributed by atoms with Crippen molar-refractivity contribution in [2.75, 3.05) is 5.88 Å². The monoisotopic (exact) mass is 288 g/mol. The molecule has 1 atom stereocenters. The molecule has 2 nitrogen and oxygen atoms in total. The fourth-order valence-electron chi connectivity index (χ4n) is 2.48. The molecule has 4 heteroatoms. The van der Waals surface area contributed by atoms with E-state index in [-0.39, 0.29) is 11.4 Å². The highest BCUT2D eigenvalue weighted by atomic mass is 35.5. The molecule has 0 bridgehead atoms. The Morgan fingerprint density at radius 2 is 2.22 bits per heavy atom. The molecule has 0 aliphatic carbocycles. The van der Waals surface area contributed by atoms with Crippen LogP contribution in [0.15, 0.2) is 6.07 Å². The number of ether oxygens (including phenoxy) is 1. The molecule has 0 aromatic heterocycles. The second kappa shape index (κ2) is 5.18. The number of benzene rings is 1. The second-order valence-corrected chi connectivity index (χ2v) is 5.94. The van der Waals surface area contributed by atoms with Crippen LogP contribution < -0.4 is 4.74 Å². The van der Waals surface area contributed by atoms with Crippen molar-refractivity contribution in [3.05, 3.63) is 22.2 Å².